The molecule has 1 N–H and O–H groups in total. The Bertz CT molecular complexity index is 736. The van der Waals surface area contributed by atoms with Crippen LogP contribution in [-0.2, 0) is 47.7 Å². The van der Waals surface area contributed by atoms with E-state index in [9.17, 15) is 24.0 Å². The Balaban J connectivity index is 3.33. The van der Waals surface area contributed by atoms with Crippen molar-refractivity contribution in [1.82, 2.24) is 5.32 Å². The smallest absolute Gasteiger partial charge is 0.305 e. The summed E-state index contributed by atoms with van der Waals surface area (Å²) in [5, 5.41) is 5.48. The van der Waals surface area contributed by atoms with E-state index in [1.165, 1.54) is 0 Å². The van der Waals surface area contributed by atoms with Gasteiger partial charge in [0.1, 0.15) is 25.3 Å². The number of nitrogens with one attached hydrogen (secondary N) is 1. The van der Waals surface area contributed by atoms with Crippen LogP contribution in [0, 0.1) is 0 Å². The van der Waals surface area contributed by atoms with Crippen LogP contribution in [0.1, 0.15) is 27.7 Å². The first-order chi connectivity index (χ1) is 14.0. The molecule has 1 heterocycles. The van der Waals surface area contributed by atoms with Gasteiger partial charge < -0.3 is 29.0 Å². The monoisotopic (exact) mass is 430 g/mol. The van der Waals surface area contributed by atoms with Crippen molar-refractivity contribution in [3.8, 4) is 0 Å². The maximum Gasteiger partial charge on any atom is 0.305 e. The second-order valence-electron chi connectivity index (χ2n) is 6.09. The largest absolute Gasteiger partial charge is 0.463 e. The minimum Gasteiger partial charge on any atom is -0.463 e. The normalized spacial score (nSPS) is 25.1. The van der Waals surface area contributed by atoms with E-state index in [4.69, 9.17) is 29.2 Å². The quantitative estimate of drug-likeness (QED) is 0.172. The molecule has 1 aliphatic heterocycles. The number of hydrogen-bond acceptors (Lipinski definition) is 11. The fourth-order valence-corrected chi connectivity index (χ4v) is 2.65. The molecule has 0 aromatic rings. The molecule has 0 radical (unpaired) electrons. The molecule has 14 nitrogen and oxygen atoms in total. The summed E-state index contributed by atoms with van der Waals surface area (Å²) in [6.07, 6.45) is -5.42. The Labute approximate surface area is 170 Å². The summed E-state index contributed by atoms with van der Waals surface area (Å²) in [5.41, 5.74) is 8.36. The number of carbonyl (C=O) groups excluding carboxylic acids is 5. The van der Waals surface area contributed by atoms with E-state index in [1.807, 2.05) is 0 Å². The molecule has 0 aliphatic carbocycles. The number of ether oxygens (including phenoxy) is 5. The highest BCUT2D eigenvalue weighted by Crippen LogP contribution is 2.28. The number of azide groups is 1. The van der Waals surface area contributed by atoms with Gasteiger partial charge in [0.25, 0.3) is 0 Å². The molecular formula is C16H22N4O10. The Morgan fingerprint density at radius 1 is 0.933 bits per heavy atom. The van der Waals surface area contributed by atoms with Crippen molar-refractivity contribution in [3.05, 3.63) is 10.4 Å². The maximum atomic E-state index is 12.1. The van der Waals surface area contributed by atoms with Gasteiger partial charge in [0.15, 0.2) is 12.2 Å². The third-order valence-electron chi connectivity index (χ3n) is 3.59. The lowest BCUT2D eigenvalue weighted by molar-refractivity contribution is -0.271. The molecule has 0 bridgehead atoms. The molecule has 0 unspecified atom stereocenters. The molecule has 0 aromatic carbocycles. The van der Waals surface area contributed by atoms with E-state index < -0.39 is 73.6 Å². The van der Waals surface area contributed by atoms with Crippen LogP contribution < -0.4 is 5.32 Å². The van der Waals surface area contributed by atoms with E-state index in [0.717, 1.165) is 27.7 Å². The van der Waals surface area contributed by atoms with Crippen molar-refractivity contribution in [2.45, 2.75) is 58.3 Å². The molecule has 14 heteroatoms. The van der Waals surface area contributed by atoms with Gasteiger partial charge in [0.05, 0.1) is 0 Å². The van der Waals surface area contributed by atoms with Crippen LogP contribution in [0.25, 0.3) is 10.4 Å². The van der Waals surface area contributed by atoms with E-state index in [2.05, 4.69) is 15.3 Å². The molecule has 0 spiro atoms. The Hall–Kier alpha value is -3.38. The zero-order valence-electron chi connectivity index (χ0n) is 16.7. The molecule has 0 saturated carbocycles. The minimum atomic E-state index is -1.51. The number of rotatable bonds is 8. The zero-order valence-corrected chi connectivity index (χ0v) is 16.7. The van der Waals surface area contributed by atoms with E-state index >= 15 is 0 Å². The van der Waals surface area contributed by atoms with Gasteiger partial charge in [0.2, 0.25) is 12.2 Å². The van der Waals surface area contributed by atoms with Crippen LogP contribution in [-0.4, -0.2) is 73.6 Å². The Kier molecular flexibility index (Phi) is 9.52. The van der Waals surface area contributed by atoms with Crippen molar-refractivity contribution in [2.75, 3.05) is 13.2 Å². The van der Waals surface area contributed by atoms with E-state index in [-0.39, 0.29) is 0 Å². The molecule has 1 fully saturated rings. The summed E-state index contributed by atoms with van der Waals surface area (Å²) >= 11 is 0. The van der Waals surface area contributed by atoms with Crippen LogP contribution in [0.5, 0.6) is 0 Å². The lowest BCUT2D eigenvalue weighted by Crippen LogP contribution is -2.67. The topological polar surface area (TPSA) is 192 Å². The van der Waals surface area contributed by atoms with Gasteiger partial charge >= 0.3 is 23.9 Å². The van der Waals surface area contributed by atoms with Crippen LogP contribution in [0.4, 0.5) is 0 Å². The lowest BCUT2D eigenvalue weighted by atomic mass is 9.96. The zero-order chi connectivity index (χ0) is 22.8. The molecule has 30 heavy (non-hydrogen) atoms. The SMILES string of the molecule is CC(=O)OC[C@@H]1O[C@H](OC(C)=O)[C@@H](NC(=O)CN=[N+]=[N-])[C@@H](OC(C)=O)[C@@H]1OC(C)=O. The number of hydrogen-bond donors (Lipinski definition) is 1. The average Bonchev–Trinajstić information content (AvgIpc) is 2.62. The highest BCUT2D eigenvalue weighted by molar-refractivity contribution is 5.79. The summed E-state index contributed by atoms with van der Waals surface area (Å²) in [4.78, 5) is 60.5. The number of esters is 4. The average molecular weight is 430 g/mol. The van der Waals surface area contributed by atoms with Gasteiger partial charge in [-0.25, -0.2) is 0 Å². The fourth-order valence-electron chi connectivity index (χ4n) is 2.65. The van der Waals surface area contributed by atoms with Crippen LogP contribution >= 0.6 is 0 Å². The van der Waals surface area contributed by atoms with Crippen molar-refractivity contribution >= 4 is 29.8 Å². The van der Waals surface area contributed by atoms with Crippen molar-refractivity contribution < 1.29 is 47.7 Å². The first-order valence-corrected chi connectivity index (χ1v) is 8.65. The van der Waals surface area contributed by atoms with E-state index in [1.54, 1.807) is 0 Å². The van der Waals surface area contributed by atoms with Gasteiger partial charge in [-0.15, -0.1) is 0 Å². The van der Waals surface area contributed by atoms with Crippen LogP contribution in [0.2, 0.25) is 0 Å². The van der Waals surface area contributed by atoms with E-state index in [0.29, 0.717) is 0 Å². The highest BCUT2D eigenvalue weighted by atomic mass is 16.7. The van der Waals surface area contributed by atoms with Gasteiger partial charge in [-0.1, -0.05) is 5.11 Å². The molecule has 0 aromatic heterocycles. The highest BCUT2D eigenvalue weighted by Gasteiger charge is 2.52. The third kappa shape index (κ3) is 7.93. The number of nitrogens with zero attached hydrogens (tertiary/aromatic N) is 3. The Morgan fingerprint density at radius 3 is 2.00 bits per heavy atom. The van der Waals surface area contributed by atoms with Crippen molar-refractivity contribution in [1.29, 1.82) is 0 Å². The summed E-state index contributed by atoms with van der Waals surface area (Å²) in [5.74, 6) is -3.86. The molecule has 1 rings (SSSR count). The maximum absolute atomic E-state index is 12.1. The summed E-state index contributed by atoms with van der Waals surface area (Å²) in [6, 6.07) is -1.34. The molecule has 1 saturated heterocycles. The predicted octanol–water partition coefficient (Wildman–Crippen LogP) is -0.504. The molecule has 1 amide bonds. The van der Waals surface area contributed by atoms with Crippen LogP contribution in [0.3, 0.4) is 0 Å². The Morgan fingerprint density at radius 2 is 1.50 bits per heavy atom. The minimum absolute atomic E-state index is 0.428. The van der Waals surface area contributed by atoms with Crippen molar-refractivity contribution in [2.24, 2.45) is 5.11 Å². The second-order valence-corrected chi connectivity index (χ2v) is 6.09. The summed E-state index contributed by atoms with van der Waals surface area (Å²) in [6.45, 7) is 3.32. The van der Waals surface area contributed by atoms with Gasteiger partial charge in [-0.3, -0.25) is 24.0 Å². The lowest BCUT2D eigenvalue weighted by Gasteiger charge is -2.44. The van der Waals surface area contributed by atoms with Crippen LogP contribution in [0.15, 0.2) is 5.11 Å². The third-order valence-corrected chi connectivity index (χ3v) is 3.59. The number of carbonyl (C=O) groups is 5. The number of amides is 1. The standard InChI is InChI=1S/C16H22N4O10/c1-7(21)26-6-11-14(27-8(2)22)15(28-9(3)23)13(16(30-11)29-10(4)24)19-12(25)5-18-20-17/h11,13-16H,5-6H2,1-4H3,(H,19,25)/t11-,13-,14+,15+,16-/m0/s1. The first kappa shape index (κ1) is 24.7. The fraction of sp³-hybridized carbons (Fsp3) is 0.688. The second kappa shape index (κ2) is 11.6. The summed E-state index contributed by atoms with van der Waals surface area (Å²) < 4.78 is 25.9. The molecular weight excluding hydrogens is 408 g/mol. The van der Waals surface area contributed by atoms with Gasteiger partial charge in [-0.2, -0.15) is 0 Å². The van der Waals surface area contributed by atoms with Gasteiger partial charge in [0, 0.05) is 32.6 Å². The molecule has 1 aliphatic rings. The van der Waals surface area contributed by atoms with Crippen molar-refractivity contribution in [3.63, 3.8) is 0 Å². The first-order valence-electron chi connectivity index (χ1n) is 8.65. The summed E-state index contributed by atoms with van der Waals surface area (Å²) in [7, 11) is 0. The van der Waals surface area contributed by atoms with Gasteiger partial charge in [-0.05, 0) is 5.53 Å². The molecule has 5 atom stereocenters. The molecule has 166 valence electrons. The predicted molar refractivity (Wildman–Crippen MR) is 94.1 cm³/mol.